The first-order valence-corrected chi connectivity index (χ1v) is 9.30. The highest BCUT2D eigenvalue weighted by atomic mass is 16.5. The molecule has 0 N–H and O–H groups in total. The van der Waals surface area contributed by atoms with Gasteiger partial charge in [-0.05, 0) is 37.1 Å². The van der Waals surface area contributed by atoms with Gasteiger partial charge in [0.25, 0.3) is 0 Å². The van der Waals surface area contributed by atoms with E-state index in [0.29, 0.717) is 6.61 Å². The minimum Gasteiger partial charge on any atom is -0.467 e. The van der Waals surface area contributed by atoms with E-state index in [2.05, 4.69) is 9.80 Å². The predicted molar refractivity (Wildman–Crippen MR) is 101 cm³/mol. The van der Waals surface area contributed by atoms with E-state index in [0.717, 1.165) is 54.6 Å². The number of morpholine rings is 1. The second kappa shape index (κ2) is 6.61. The Kier molecular flexibility index (Phi) is 3.97. The van der Waals surface area contributed by atoms with Crippen LogP contribution in [0.15, 0.2) is 47.1 Å². The number of nitrogens with zero attached hydrogens (tertiary/aromatic N) is 4. The lowest BCUT2D eigenvalue weighted by molar-refractivity contribution is 0.0255. The Morgan fingerprint density at radius 3 is 2.27 bits per heavy atom. The first-order chi connectivity index (χ1) is 12.9. The minimum absolute atomic E-state index is 0.0709. The van der Waals surface area contributed by atoms with Crippen molar-refractivity contribution in [2.45, 2.75) is 18.9 Å². The van der Waals surface area contributed by atoms with Crippen LogP contribution in [0.2, 0.25) is 0 Å². The zero-order valence-electron chi connectivity index (χ0n) is 14.7. The summed E-state index contributed by atoms with van der Waals surface area (Å²) < 4.78 is 11.5. The number of ether oxygens (including phenoxy) is 1. The Balaban J connectivity index is 1.54. The van der Waals surface area contributed by atoms with Gasteiger partial charge in [-0.15, -0.1) is 0 Å². The molecule has 3 aromatic rings. The molecule has 0 bridgehead atoms. The lowest BCUT2D eigenvalue weighted by Crippen LogP contribution is -2.40. The monoisotopic (exact) mass is 350 g/mol. The molecule has 0 saturated carbocycles. The van der Waals surface area contributed by atoms with Gasteiger partial charge in [0, 0.05) is 19.6 Å². The Labute approximate surface area is 152 Å². The van der Waals surface area contributed by atoms with Crippen LogP contribution in [0.1, 0.15) is 24.7 Å². The predicted octanol–water partition coefficient (Wildman–Crippen LogP) is 3.40. The fourth-order valence-electron chi connectivity index (χ4n) is 3.82. The van der Waals surface area contributed by atoms with Crippen LogP contribution in [-0.4, -0.2) is 42.8 Å². The van der Waals surface area contributed by atoms with E-state index in [1.807, 2.05) is 36.4 Å². The van der Waals surface area contributed by atoms with Gasteiger partial charge in [-0.3, -0.25) is 0 Å². The number of fused-ring (bicyclic) bond motifs is 1. The zero-order chi connectivity index (χ0) is 17.3. The van der Waals surface area contributed by atoms with Crippen LogP contribution in [0.5, 0.6) is 0 Å². The Bertz CT molecular complexity index is 890. The van der Waals surface area contributed by atoms with Crippen molar-refractivity contribution < 1.29 is 9.15 Å². The van der Waals surface area contributed by atoms with Gasteiger partial charge in [0.2, 0.25) is 0 Å². The Morgan fingerprint density at radius 1 is 0.846 bits per heavy atom. The Morgan fingerprint density at radius 2 is 1.58 bits per heavy atom. The molecule has 2 aromatic heterocycles. The van der Waals surface area contributed by atoms with Crippen LogP contribution >= 0.6 is 0 Å². The first-order valence-electron chi connectivity index (χ1n) is 9.30. The molecule has 1 unspecified atom stereocenters. The maximum Gasteiger partial charge on any atom is 0.172 e. The molecule has 0 aliphatic carbocycles. The Hall–Kier alpha value is -2.60. The highest BCUT2D eigenvalue weighted by molar-refractivity contribution is 5.81. The molecule has 0 spiro atoms. The summed E-state index contributed by atoms with van der Waals surface area (Å²) in [6.45, 7) is 4.28. The van der Waals surface area contributed by atoms with Gasteiger partial charge in [0.1, 0.15) is 11.9 Å². The molecule has 5 rings (SSSR count). The molecule has 134 valence electrons. The smallest absolute Gasteiger partial charge is 0.172 e. The average molecular weight is 350 g/mol. The van der Waals surface area contributed by atoms with Crippen molar-refractivity contribution in [3.8, 4) is 0 Å². The van der Waals surface area contributed by atoms with Crippen LogP contribution < -0.4 is 9.80 Å². The van der Waals surface area contributed by atoms with Crippen molar-refractivity contribution in [2.24, 2.45) is 0 Å². The van der Waals surface area contributed by atoms with E-state index < -0.39 is 0 Å². The van der Waals surface area contributed by atoms with Crippen molar-refractivity contribution in [2.75, 3.05) is 42.6 Å². The first kappa shape index (κ1) is 15.6. The SMILES string of the molecule is c1coc(C2CN(c3nc4ccccc4nc3N3CCCC3)CCO2)c1. The molecule has 2 fully saturated rings. The summed E-state index contributed by atoms with van der Waals surface area (Å²) in [5.41, 5.74) is 1.89. The second-order valence-corrected chi connectivity index (χ2v) is 6.87. The molecule has 26 heavy (non-hydrogen) atoms. The second-order valence-electron chi connectivity index (χ2n) is 6.87. The van der Waals surface area contributed by atoms with Crippen molar-refractivity contribution >= 4 is 22.7 Å². The lowest BCUT2D eigenvalue weighted by Gasteiger charge is -2.34. The summed E-state index contributed by atoms with van der Waals surface area (Å²) in [6, 6.07) is 12.0. The van der Waals surface area contributed by atoms with Crippen LogP contribution in [-0.2, 0) is 4.74 Å². The maximum absolute atomic E-state index is 5.93. The van der Waals surface area contributed by atoms with E-state index in [1.54, 1.807) is 6.26 Å². The molecule has 6 heteroatoms. The number of furan rings is 1. The molecule has 1 aromatic carbocycles. The third-order valence-corrected chi connectivity index (χ3v) is 5.17. The number of para-hydroxylation sites is 2. The van der Waals surface area contributed by atoms with E-state index in [9.17, 15) is 0 Å². The van der Waals surface area contributed by atoms with Crippen LogP contribution in [0, 0.1) is 0 Å². The van der Waals surface area contributed by atoms with E-state index in [-0.39, 0.29) is 6.10 Å². The summed E-state index contributed by atoms with van der Waals surface area (Å²) in [6.07, 6.45) is 4.06. The quantitative estimate of drug-likeness (QED) is 0.722. The molecular weight excluding hydrogens is 328 g/mol. The topological polar surface area (TPSA) is 54.6 Å². The van der Waals surface area contributed by atoms with Gasteiger partial charge in [0.15, 0.2) is 11.6 Å². The standard InChI is InChI=1S/C20H22N4O2/c1-2-7-16-15(6-1)21-19(23-9-3-4-10-23)20(22-16)24-11-13-26-18(14-24)17-8-5-12-25-17/h1-2,5-8,12,18H,3-4,9-11,13-14H2. The minimum atomic E-state index is -0.0709. The molecule has 0 radical (unpaired) electrons. The van der Waals surface area contributed by atoms with Crippen molar-refractivity contribution in [3.05, 3.63) is 48.4 Å². The van der Waals surface area contributed by atoms with Crippen molar-refractivity contribution in [1.29, 1.82) is 0 Å². The van der Waals surface area contributed by atoms with Crippen LogP contribution in [0.3, 0.4) is 0 Å². The van der Waals surface area contributed by atoms with Gasteiger partial charge < -0.3 is 19.0 Å². The van der Waals surface area contributed by atoms with Gasteiger partial charge in [0.05, 0.1) is 30.4 Å². The lowest BCUT2D eigenvalue weighted by atomic mass is 10.2. The molecule has 2 aliphatic rings. The molecule has 1 atom stereocenters. The number of benzene rings is 1. The number of hydrogen-bond donors (Lipinski definition) is 0. The number of anilines is 2. The largest absolute Gasteiger partial charge is 0.467 e. The van der Waals surface area contributed by atoms with E-state index >= 15 is 0 Å². The highest BCUT2D eigenvalue weighted by Crippen LogP contribution is 2.33. The summed E-state index contributed by atoms with van der Waals surface area (Å²) in [5.74, 6) is 2.83. The number of rotatable bonds is 3. The van der Waals surface area contributed by atoms with Crippen LogP contribution in [0.25, 0.3) is 11.0 Å². The molecule has 6 nitrogen and oxygen atoms in total. The zero-order valence-corrected chi connectivity index (χ0v) is 14.7. The van der Waals surface area contributed by atoms with E-state index in [4.69, 9.17) is 19.1 Å². The fourth-order valence-corrected chi connectivity index (χ4v) is 3.82. The third-order valence-electron chi connectivity index (χ3n) is 5.17. The normalized spacial score (nSPS) is 20.8. The third kappa shape index (κ3) is 2.80. The van der Waals surface area contributed by atoms with Crippen molar-refractivity contribution in [1.82, 2.24) is 9.97 Å². The maximum atomic E-state index is 5.93. The van der Waals surface area contributed by atoms with Gasteiger partial charge in [-0.1, -0.05) is 12.1 Å². The summed E-state index contributed by atoms with van der Waals surface area (Å²) in [5, 5.41) is 0. The average Bonchev–Trinajstić information content (AvgIpc) is 3.41. The van der Waals surface area contributed by atoms with E-state index in [1.165, 1.54) is 12.8 Å². The van der Waals surface area contributed by atoms with Gasteiger partial charge in [-0.2, -0.15) is 0 Å². The number of hydrogen-bond acceptors (Lipinski definition) is 6. The summed E-state index contributed by atoms with van der Waals surface area (Å²) >= 11 is 0. The van der Waals surface area contributed by atoms with Gasteiger partial charge >= 0.3 is 0 Å². The fraction of sp³-hybridized carbons (Fsp3) is 0.400. The van der Waals surface area contributed by atoms with Gasteiger partial charge in [-0.25, -0.2) is 9.97 Å². The molecule has 4 heterocycles. The summed E-state index contributed by atoms with van der Waals surface area (Å²) in [7, 11) is 0. The molecular formula is C20H22N4O2. The number of aromatic nitrogens is 2. The highest BCUT2D eigenvalue weighted by Gasteiger charge is 2.29. The van der Waals surface area contributed by atoms with Crippen molar-refractivity contribution in [3.63, 3.8) is 0 Å². The molecule has 0 amide bonds. The molecule has 2 aliphatic heterocycles. The van der Waals surface area contributed by atoms with Crippen LogP contribution in [0.4, 0.5) is 11.6 Å². The summed E-state index contributed by atoms with van der Waals surface area (Å²) in [4.78, 5) is 14.6. The molecule has 2 saturated heterocycles.